The molecule has 1 atom stereocenters. The second-order valence-corrected chi connectivity index (χ2v) is 6.78. The minimum Gasteiger partial charge on any atom is -0.348 e. The molecule has 24 heavy (non-hydrogen) atoms. The van der Waals surface area contributed by atoms with E-state index in [1.54, 1.807) is 12.1 Å². The molecule has 2 heterocycles. The Labute approximate surface area is 144 Å². The number of halogens is 3. The Kier molecular flexibility index (Phi) is 4.54. The van der Waals surface area contributed by atoms with Gasteiger partial charge in [-0.05, 0) is 49.9 Å². The van der Waals surface area contributed by atoms with Gasteiger partial charge in [0.15, 0.2) is 17.9 Å². The van der Waals surface area contributed by atoms with Gasteiger partial charge < -0.3 is 4.90 Å². The van der Waals surface area contributed by atoms with E-state index in [4.69, 9.17) is 11.6 Å². The second-order valence-electron chi connectivity index (χ2n) is 6.37. The Morgan fingerprint density at radius 2 is 2.12 bits per heavy atom. The number of benzene rings is 1. The zero-order valence-electron chi connectivity index (χ0n) is 13.2. The maximum atomic E-state index is 14.4. The van der Waals surface area contributed by atoms with E-state index in [1.807, 2.05) is 11.8 Å². The Bertz CT molecular complexity index is 784. The van der Waals surface area contributed by atoms with Crippen molar-refractivity contribution in [3.05, 3.63) is 58.2 Å². The molecule has 0 N–H and O–H groups in total. The molecule has 6 heteroatoms. The molecule has 1 aliphatic rings. The van der Waals surface area contributed by atoms with Gasteiger partial charge in [-0.25, -0.2) is 13.8 Å². The van der Waals surface area contributed by atoms with E-state index in [0.29, 0.717) is 19.3 Å². The van der Waals surface area contributed by atoms with Crippen LogP contribution in [0, 0.1) is 11.6 Å². The topological polar surface area (TPSA) is 33.2 Å². The third-order valence-corrected chi connectivity index (χ3v) is 4.84. The van der Waals surface area contributed by atoms with Crippen LogP contribution in [0.15, 0.2) is 30.5 Å². The Hall–Kier alpha value is -2.01. The van der Waals surface area contributed by atoms with Crippen LogP contribution in [0.2, 0.25) is 5.02 Å². The van der Waals surface area contributed by atoms with Gasteiger partial charge in [0.2, 0.25) is 0 Å². The fourth-order valence-corrected chi connectivity index (χ4v) is 3.57. The number of aromatic nitrogens is 1. The van der Waals surface area contributed by atoms with Crippen molar-refractivity contribution >= 4 is 23.7 Å². The van der Waals surface area contributed by atoms with E-state index in [2.05, 4.69) is 4.98 Å². The van der Waals surface area contributed by atoms with Gasteiger partial charge in [-0.15, -0.1) is 0 Å². The molecule has 0 spiro atoms. The summed E-state index contributed by atoms with van der Waals surface area (Å²) in [6, 6.07) is 5.85. The van der Waals surface area contributed by atoms with Crippen LogP contribution < -0.4 is 4.90 Å². The normalized spacial score (nSPS) is 20.4. The first-order valence-corrected chi connectivity index (χ1v) is 8.13. The molecule has 0 bridgehead atoms. The lowest BCUT2D eigenvalue weighted by atomic mass is 9.90. The van der Waals surface area contributed by atoms with Gasteiger partial charge in [0.05, 0.1) is 5.02 Å². The average Bonchev–Trinajstić information content (AvgIpc) is 2.92. The molecule has 0 amide bonds. The molecule has 0 radical (unpaired) electrons. The summed E-state index contributed by atoms with van der Waals surface area (Å²) >= 11 is 5.86. The number of hydrogen-bond donors (Lipinski definition) is 0. The predicted molar refractivity (Wildman–Crippen MR) is 89.7 cm³/mol. The van der Waals surface area contributed by atoms with Crippen LogP contribution in [-0.2, 0) is 6.42 Å². The highest BCUT2D eigenvalue weighted by molar-refractivity contribution is 6.30. The van der Waals surface area contributed by atoms with Gasteiger partial charge in [0, 0.05) is 23.8 Å². The minimum absolute atomic E-state index is 0.0836. The summed E-state index contributed by atoms with van der Waals surface area (Å²) in [7, 11) is 0. The number of aldehydes is 1. The molecule has 126 valence electrons. The van der Waals surface area contributed by atoms with Crippen molar-refractivity contribution in [1.29, 1.82) is 0 Å². The number of carbonyl (C=O) groups excluding carboxylic acids is 1. The first kappa shape index (κ1) is 16.8. The van der Waals surface area contributed by atoms with Crippen LogP contribution in [0.1, 0.15) is 35.7 Å². The third kappa shape index (κ3) is 3.13. The lowest BCUT2D eigenvalue weighted by Gasteiger charge is -2.36. The molecular weight excluding hydrogens is 334 g/mol. The van der Waals surface area contributed by atoms with E-state index in [9.17, 15) is 13.6 Å². The van der Waals surface area contributed by atoms with Gasteiger partial charge in [-0.3, -0.25) is 4.79 Å². The first-order chi connectivity index (χ1) is 11.4. The van der Waals surface area contributed by atoms with Gasteiger partial charge in [0.25, 0.3) is 0 Å². The smallest absolute Gasteiger partial charge is 0.166 e. The summed E-state index contributed by atoms with van der Waals surface area (Å²) < 4.78 is 27.7. The number of pyridine rings is 1. The number of rotatable bonds is 4. The molecule has 0 aliphatic carbocycles. The van der Waals surface area contributed by atoms with Crippen molar-refractivity contribution in [1.82, 2.24) is 4.98 Å². The molecule has 3 rings (SSSR count). The molecular formula is C18H17ClF2N2O. The van der Waals surface area contributed by atoms with Crippen molar-refractivity contribution in [3.63, 3.8) is 0 Å². The number of anilines is 1. The highest BCUT2D eigenvalue weighted by atomic mass is 35.5. The van der Waals surface area contributed by atoms with E-state index in [-0.39, 0.29) is 21.9 Å². The van der Waals surface area contributed by atoms with Crippen molar-refractivity contribution in [3.8, 4) is 0 Å². The molecule has 0 saturated carbocycles. The molecule has 2 aromatic rings. The molecule has 1 saturated heterocycles. The van der Waals surface area contributed by atoms with Gasteiger partial charge >= 0.3 is 0 Å². The number of nitrogens with zero attached hydrogens (tertiary/aromatic N) is 2. The summed E-state index contributed by atoms with van der Waals surface area (Å²) in [6.07, 6.45) is 4.31. The average molecular weight is 351 g/mol. The van der Waals surface area contributed by atoms with Crippen LogP contribution in [-0.4, -0.2) is 23.4 Å². The largest absolute Gasteiger partial charge is 0.348 e. The van der Waals surface area contributed by atoms with Crippen LogP contribution in [0.3, 0.4) is 0 Å². The van der Waals surface area contributed by atoms with Gasteiger partial charge in [-0.1, -0.05) is 17.7 Å². The van der Waals surface area contributed by atoms with E-state index >= 15 is 0 Å². The van der Waals surface area contributed by atoms with Crippen LogP contribution in [0.4, 0.5) is 14.6 Å². The lowest BCUT2D eigenvalue weighted by Crippen LogP contribution is -2.44. The van der Waals surface area contributed by atoms with Gasteiger partial charge in [0.1, 0.15) is 5.82 Å². The van der Waals surface area contributed by atoms with Crippen molar-refractivity contribution < 1.29 is 13.6 Å². The zero-order chi connectivity index (χ0) is 17.3. The third-order valence-electron chi connectivity index (χ3n) is 4.55. The summed E-state index contributed by atoms with van der Waals surface area (Å²) in [6.45, 7) is 2.71. The highest BCUT2D eigenvalue weighted by Gasteiger charge is 2.38. The standard InChI is InChI=1S/C18H17ClF2N2O/c1-18(9-12-3-4-15(20)14(19)7-12)5-2-6-23(18)17-16(21)8-13(11-24)10-22-17/h3-4,7-8,10-11H,2,5-6,9H2,1H3. The zero-order valence-corrected chi connectivity index (χ0v) is 14.0. The SMILES string of the molecule is CC1(Cc2ccc(F)c(Cl)c2)CCCN1c1ncc(C=O)cc1F. The van der Waals surface area contributed by atoms with Crippen LogP contribution in [0.25, 0.3) is 0 Å². The van der Waals surface area contributed by atoms with E-state index in [1.165, 1.54) is 18.3 Å². The Morgan fingerprint density at radius 3 is 2.79 bits per heavy atom. The quantitative estimate of drug-likeness (QED) is 0.765. The summed E-state index contributed by atoms with van der Waals surface area (Å²) in [5.74, 6) is -0.718. The number of hydrogen-bond acceptors (Lipinski definition) is 3. The molecule has 1 aromatic heterocycles. The van der Waals surface area contributed by atoms with E-state index in [0.717, 1.165) is 18.4 Å². The maximum Gasteiger partial charge on any atom is 0.166 e. The summed E-state index contributed by atoms with van der Waals surface area (Å²) in [5.41, 5.74) is 0.751. The first-order valence-electron chi connectivity index (χ1n) is 7.75. The molecule has 3 nitrogen and oxygen atoms in total. The van der Waals surface area contributed by atoms with Crippen LogP contribution in [0.5, 0.6) is 0 Å². The monoisotopic (exact) mass is 350 g/mol. The number of carbonyl (C=O) groups is 1. The lowest BCUT2D eigenvalue weighted by molar-refractivity contribution is 0.112. The van der Waals surface area contributed by atoms with E-state index < -0.39 is 11.6 Å². The van der Waals surface area contributed by atoms with Crippen molar-refractivity contribution in [2.24, 2.45) is 0 Å². The Morgan fingerprint density at radius 1 is 1.33 bits per heavy atom. The molecule has 1 unspecified atom stereocenters. The van der Waals surface area contributed by atoms with Crippen molar-refractivity contribution in [2.45, 2.75) is 31.7 Å². The summed E-state index contributed by atoms with van der Waals surface area (Å²) in [5, 5.41) is 0.0836. The van der Waals surface area contributed by atoms with Crippen molar-refractivity contribution in [2.75, 3.05) is 11.4 Å². The molecule has 1 aliphatic heterocycles. The minimum atomic E-state index is -0.509. The maximum absolute atomic E-state index is 14.4. The molecule has 1 aromatic carbocycles. The van der Waals surface area contributed by atoms with Crippen LogP contribution >= 0.6 is 11.6 Å². The highest BCUT2D eigenvalue weighted by Crippen LogP contribution is 2.37. The second kappa shape index (κ2) is 6.48. The Balaban J connectivity index is 1.91. The summed E-state index contributed by atoms with van der Waals surface area (Å²) in [4.78, 5) is 16.8. The van der Waals surface area contributed by atoms with Gasteiger partial charge in [-0.2, -0.15) is 0 Å². The fraction of sp³-hybridized carbons (Fsp3) is 0.333. The molecule has 1 fully saturated rings. The fourth-order valence-electron chi connectivity index (χ4n) is 3.37. The predicted octanol–water partition coefficient (Wildman–Crippen LogP) is 4.43.